The van der Waals surface area contributed by atoms with Crippen molar-refractivity contribution in [3.8, 4) is 0 Å². The second-order valence-corrected chi connectivity index (χ2v) is 3.64. The highest BCUT2D eigenvalue weighted by molar-refractivity contribution is 5.94. The van der Waals surface area contributed by atoms with Crippen molar-refractivity contribution in [3.05, 3.63) is 70.3 Å². The molecule has 94 valence electrons. The van der Waals surface area contributed by atoms with Gasteiger partial charge in [-0.05, 0) is 24.3 Å². The van der Waals surface area contributed by atoms with Gasteiger partial charge in [-0.3, -0.25) is 14.9 Å². The average molecular weight is 255 g/mol. The quantitative estimate of drug-likeness (QED) is 0.477. The van der Waals surface area contributed by atoms with Gasteiger partial charge in [0.25, 0.3) is 11.6 Å². The predicted octanol–water partition coefficient (Wildman–Crippen LogP) is 3.52. The van der Waals surface area contributed by atoms with Crippen LogP contribution in [0.5, 0.6) is 0 Å². The molecule has 2 rings (SSSR count). The molecule has 0 bridgehead atoms. The molecule has 6 heteroatoms. The van der Waals surface area contributed by atoms with Crippen molar-refractivity contribution >= 4 is 17.3 Å². The predicted molar refractivity (Wildman–Crippen MR) is 68.4 cm³/mol. The van der Waals surface area contributed by atoms with E-state index in [0.717, 1.165) is 0 Å². The molecular formula is C13H9N3O3. The number of nitro benzene ring substituents is 1. The molecule has 0 aromatic heterocycles. The van der Waals surface area contributed by atoms with E-state index >= 15 is 0 Å². The van der Waals surface area contributed by atoms with Gasteiger partial charge in [0.15, 0.2) is 0 Å². The lowest BCUT2D eigenvalue weighted by molar-refractivity contribution is -0.384. The van der Waals surface area contributed by atoms with Crippen LogP contribution in [0.2, 0.25) is 0 Å². The Morgan fingerprint density at radius 3 is 2.21 bits per heavy atom. The minimum atomic E-state index is -0.504. The minimum Gasteiger partial charge on any atom is -0.265 e. The Bertz CT molecular complexity index is 621. The normalized spacial score (nSPS) is 10.5. The van der Waals surface area contributed by atoms with Crippen LogP contribution in [0.3, 0.4) is 0 Å². The molecule has 0 atom stereocenters. The first-order valence-electron chi connectivity index (χ1n) is 5.42. The van der Waals surface area contributed by atoms with Crippen LogP contribution in [-0.2, 0) is 0 Å². The largest absolute Gasteiger partial charge is 0.295 e. The molecule has 6 nitrogen and oxygen atoms in total. The van der Waals surface area contributed by atoms with Gasteiger partial charge in [0.2, 0.25) is 0 Å². The van der Waals surface area contributed by atoms with Crippen molar-refractivity contribution in [2.24, 2.45) is 10.2 Å². The zero-order chi connectivity index (χ0) is 13.7. The Hall–Kier alpha value is -2.89. The van der Waals surface area contributed by atoms with E-state index in [1.807, 2.05) is 0 Å². The first-order chi connectivity index (χ1) is 9.16. The van der Waals surface area contributed by atoms with Gasteiger partial charge in [0.05, 0.1) is 10.6 Å². The number of hydrogen-bond acceptors (Lipinski definition) is 4. The summed E-state index contributed by atoms with van der Waals surface area (Å²) in [6.07, 6.45) is 0. The molecule has 0 N–H and O–H groups in total. The monoisotopic (exact) mass is 255 g/mol. The van der Waals surface area contributed by atoms with E-state index in [1.54, 1.807) is 30.3 Å². The van der Waals surface area contributed by atoms with E-state index in [-0.39, 0.29) is 5.69 Å². The number of carbonyl (C=O) groups excluding carboxylic acids is 1. The third kappa shape index (κ3) is 3.29. The molecule has 0 aliphatic carbocycles. The van der Waals surface area contributed by atoms with E-state index in [0.29, 0.717) is 11.3 Å². The maximum atomic E-state index is 11.6. The standard InChI is InChI=1S/C13H9N3O3/c17-13(10-4-2-1-3-5-10)15-14-11-6-8-12(9-7-11)16(18)19/h1-9H. The van der Waals surface area contributed by atoms with E-state index in [1.165, 1.54) is 24.3 Å². The number of amides is 1. The number of non-ortho nitro benzene ring substituents is 1. The summed E-state index contributed by atoms with van der Waals surface area (Å²) in [4.78, 5) is 21.6. The van der Waals surface area contributed by atoms with Gasteiger partial charge in [-0.2, -0.15) is 0 Å². The molecule has 0 fully saturated rings. The van der Waals surface area contributed by atoms with Crippen LogP contribution in [0.1, 0.15) is 10.4 Å². The van der Waals surface area contributed by atoms with Crippen molar-refractivity contribution < 1.29 is 9.72 Å². The first-order valence-corrected chi connectivity index (χ1v) is 5.42. The van der Waals surface area contributed by atoms with Crippen LogP contribution >= 0.6 is 0 Å². The Balaban J connectivity index is 2.10. The Morgan fingerprint density at radius 2 is 1.63 bits per heavy atom. The van der Waals surface area contributed by atoms with E-state index < -0.39 is 10.8 Å². The Kier molecular flexibility index (Phi) is 3.72. The second-order valence-electron chi connectivity index (χ2n) is 3.64. The van der Waals surface area contributed by atoms with Gasteiger partial charge in [0.1, 0.15) is 0 Å². The number of azo groups is 1. The van der Waals surface area contributed by atoms with Crippen LogP contribution < -0.4 is 0 Å². The zero-order valence-electron chi connectivity index (χ0n) is 9.76. The molecule has 2 aromatic carbocycles. The average Bonchev–Trinajstić information content (AvgIpc) is 2.46. The van der Waals surface area contributed by atoms with Gasteiger partial charge < -0.3 is 0 Å². The molecular weight excluding hydrogens is 246 g/mol. The number of carbonyl (C=O) groups is 1. The summed E-state index contributed by atoms with van der Waals surface area (Å²) in [7, 11) is 0. The fourth-order valence-corrected chi connectivity index (χ4v) is 1.38. The van der Waals surface area contributed by atoms with Gasteiger partial charge in [-0.1, -0.05) is 18.2 Å². The summed E-state index contributed by atoms with van der Waals surface area (Å²) in [5.74, 6) is -0.459. The third-order valence-corrected chi connectivity index (χ3v) is 2.34. The molecule has 0 saturated carbocycles. The molecule has 1 amide bonds. The number of benzene rings is 2. The van der Waals surface area contributed by atoms with E-state index in [9.17, 15) is 14.9 Å². The van der Waals surface area contributed by atoms with Crippen molar-refractivity contribution in [1.82, 2.24) is 0 Å². The fraction of sp³-hybridized carbons (Fsp3) is 0. The summed E-state index contributed by atoms with van der Waals surface area (Å²) in [5, 5.41) is 17.8. The molecule has 0 saturated heterocycles. The molecule has 0 heterocycles. The van der Waals surface area contributed by atoms with Gasteiger partial charge in [0, 0.05) is 17.7 Å². The highest BCUT2D eigenvalue weighted by Crippen LogP contribution is 2.18. The van der Waals surface area contributed by atoms with Gasteiger partial charge in [-0.25, -0.2) is 0 Å². The summed E-state index contributed by atoms with van der Waals surface area (Å²) in [5.41, 5.74) is 0.788. The highest BCUT2D eigenvalue weighted by atomic mass is 16.6. The lowest BCUT2D eigenvalue weighted by atomic mass is 10.2. The SMILES string of the molecule is O=C(N=Nc1ccc([N+](=O)[O-])cc1)c1ccccc1. The van der Waals surface area contributed by atoms with E-state index in [4.69, 9.17) is 0 Å². The molecule has 19 heavy (non-hydrogen) atoms. The van der Waals surface area contributed by atoms with Gasteiger partial charge >= 0.3 is 0 Å². The summed E-state index contributed by atoms with van der Waals surface area (Å²) < 4.78 is 0. The second kappa shape index (κ2) is 5.63. The number of hydrogen-bond donors (Lipinski definition) is 0. The van der Waals surface area contributed by atoms with Crippen molar-refractivity contribution in [1.29, 1.82) is 0 Å². The maximum Gasteiger partial charge on any atom is 0.295 e. The number of nitro groups is 1. The van der Waals surface area contributed by atoms with Crippen molar-refractivity contribution in [2.45, 2.75) is 0 Å². The molecule has 0 spiro atoms. The van der Waals surface area contributed by atoms with Crippen LogP contribution in [0.25, 0.3) is 0 Å². The van der Waals surface area contributed by atoms with Crippen molar-refractivity contribution in [3.63, 3.8) is 0 Å². The van der Waals surface area contributed by atoms with Crippen LogP contribution in [0, 0.1) is 10.1 Å². The summed E-state index contributed by atoms with van der Waals surface area (Å²) in [6, 6.07) is 14.0. The Morgan fingerprint density at radius 1 is 1.00 bits per heavy atom. The topological polar surface area (TPSA) is 84.9 Å². The first kappa shape index (κ1) is 12.6. The lowest BCUT2D eigenvalue weighted by Gasteiger charge is -1.94. The summed E-state index contributed by atoms with van der Waals surface area (Å²) >= 11 is 0. The van der Waals surface area contributed by atoms with Crippen LogP contribution in [0.15, 0.2) is 64.8 Å². The molecule has 0 radical (unpaired) electrons. The maximum absolute atomic E-state index is 11.6. The van der Waals surface area contributed by atoms with E-state index in [2.05, 4.69) is 10.2 Å². The van der Waals surface area contributed by atoms with Crippen molar-refractivity contribution in [2.75, 3.05) is 0 Å². The van der Waals surface area contributed by atoms with Gasteiger partial charge in [-0.15, -0.1) is 10.2 Å². The van der Waals surface area contributed by atoms with Crippen LogP contribution in [0.4, 0.5) is 11.4 Å². The summed E-state index contributed by atoms with van der Waals surface area (Å²) in [6.45, 7) is 0. The highest BCUT2D eigenvalue weighted by Gasteiger charge is 2.04. The fourth-order valence-electron chi connectivity index (χ4n) is 1.38. The van der Waals surface area contributed by atoms with Crippen LogP contribution in [-0.4, -0.2) is 10.8 Å². The number of nitrogens with zero attached hydrogens (tertiary/aromatic N) is 3. The Labute approximate surface area is 108 Å². The number of rotatable bonds is 3. The molecule has 0 aliphatic heterocycles. The molecule has 0 aliphatic rings. The molecule has 0 unspecified atom stereocenters. The third-order valence-electron chi connectivity index (χ3n) is 2.34. The minimum absolute atomic E-state index is 0.0339. The zero-order valence-corrected chi connectivity index (χ0v) is 9.76. The lowest BCUT2D eigenvalue weighted by Crippen LogP contribution is -1.92. The molecule has 2 aromatic rings. The smallest absolute Gasteiger partial charge is 0.265 e.